The van der Waals surface area contributed by atoms with Gasteiger partial charge in [-0.25, -0.2) is 0 Å². The van der Waals surface area contributed by atoms with Gasteiger partial charge in [0.25, 0.3) is 0 Å². The zero-order valence-electron chi connectivity index (χ0n) is 12.5. The molecule has 0 spiro atoms. The minimum atomic E-state index is -0.0768. The van der Waals surface area contributed by atoms with Crippen molar-refractivity contribution in [3.05, 3.63) is 28.8 Å². The third-order valence-electron chi connectivity index (χ3n) is 3.33. The lowest BCUT2D eigenvalue weighted by molar-refractivity contribution is -0.117. The summed E-state index contributed by atoms with van der Waals surface area (Å²) >= 11 is 6.11. The molecule has 1 atom stereocenters. The lowest BCUT2D eigenvalue weighted by Gasteiger charge is -2.27. The molecular formula is C15H22ClN3O2. The number of nitrogens with one attached hydrogen (secondary N) is 2. The SMILES string of the molecule is Cc1ccc(NC(=O)CN(C)CC2CNCCO2)c(Cl)c1. The van der Waals surface area contributed by atoms with E-state index in [0.29, 0.717) is 17.3 Å². The number of carbonyl (C=O) groups is 1. The number of hydrogen-bond donors (Lipinski definition) is 2. The summed E-state index contributed by atoms with van der Waals surface area (Å²) in [5.74, 6) is -0.0768. The summed E-state index contributed by atoms with van der Waals surface area (Å²) in [6.45, 7) is 5.45. The Hall–Kier alpha value is -1.14. The highest BCUT2D eigenvalue weighted by molar-refractivity contribution is 6.33. The van der Waals surface area contributed by atoms with Crippen LogP contribution in [0.25, 0.3) is 0 Å². The van der Waals surface area contributed by atoms with E-state index in [1.165, 1.54) is 0 Å². The molecule has 1 aromatic rings. The first-order chi connectivity index (χ1) is 10.0. The largest absolute Gasteiger partial charge is 0.374 e. The van der Waals surface area contributed by atoms with Crippen LogP contribution in [0.15, 0.2) is 18.2 Å². The van der Waals surface area contributed by atoms with E-state index >= 15 is 0 Å². The third-order valence-corrected chi connectivity index (χ3v) is 3.64. The van der Waals surface area contributed by atoms with E-state index < -0.39 is 0 Å². The molecule has 0 saturated carbocycles. The van der Waals surface area contributed by atoms with Crippen molar-refractivity contribution in [3.63, 3.8) is 0 Å². The van der Waals surface area contributed by atoms with Crippen LogP contribution in [-0.2, 0) is 9.53 Å². The Balaban J connectivity index is 1.80. The standard InChI is InChI=1S/C15H22ClN3O2/c1-11-3-4-14(13(16)7-11)18-15(20)10-19(2)9-12-8-17-5-6-21-12/h3-4,7,12,17H,5-6,8-10H2,1-2H3,(H,18,20). The van der Waals surface area contributed by atoms with E-state index in [0.717, 1.165) is 31.8 Å². The highest BCUT2D eigenvalue weighted by Gasteiger charge is 2.17. The number of nitrogens with zero attached hydrogens (tertiary/aromatic N) is 1. The second-order valence-corrected chi connectivity index (χ2v) is 5.83. The van der Waals surface area contributed by atoms with Crippen LogP contribution in [0, 0.1) is 6.92 Å². The molecule has 1 heterocycles. The molecule has 0 aliphatic carbocycles. The first kappa shape index (κ1) is 16.2. The van der Waals surface area contributed by atoms with Gasteiger partial charge in [-0.15, -0.1) is 0 Å². The maximum Gasteiger partial charge on any atom is 0.238 e. The predicted octanol–water partition coefficient (Wildman–Crippen LogP) is 1.51. The quantitative estimate of drug-likeness (QED) is 0.865. The number of halogens is 1. The Bertz CT molecular complexity index is 490. The number of rotatable bonds is 5. The van der Waals surface area contributed by atoms with Crippen LogP contribution in [0.3, 0.4) is 0 Å². The maximum atomic E-state index is 12.0. The van der Waals surface area contributed by atoms with E-state index in [2.05, 4.69) is 10.6 Å². The number of ether oxygens (including phenoxy) is 1. The molecule has 21 heavy (non-hydrogen) atoms. The summed E-state index contributed by atoms with van der Waals surface area (Å²) in [5, 5.41) is 6.67. The minimum Gasteiger partial charge on any atom is -0.374 e. The molecule has 1 aliphatic heterocycles. The number of benzene rings is 1. The summed E-state index contributed by atoms with van der Waals surface area (Å²) in [7, 11) is 1.91. The Morgan fingerprint density at radius 1 is 1.57 bits per heavy atom. The lowest BCUT2D eigenvalue weighted by atomic mass is 10.2. The van der Waals surface area contributed by atoms with Gasteiger partial charge >= 0.3 is 0 Å². The van der Waals surface area contributed by atoms with E-state index in [9.17, 15) is 4.79 Å². The zero-order valence-corrected chi connectivity index (χ0v) is 13.2. The fourth-order valence-corrected chi connectivity index (χ4v) is 2.59. The Morgan fingerprint density at radius 3 is 3.05 bits per heavy atom. The van der Waals surface area contributed by atoms with Gasteiger partial charge in [-0.05, 0) is 31.7 Å². The van der Waals surface area contributed by atoms with E-state index in [-0.39, 0.29) is 12.0 Å². The molecule has 116 valence electrons. The molecule has 0 aromatic heterocycles. The van der Waals surface area contributed by atoms with Gasteiger partial charge in [0.1, 0.15) is 0 Å². The predicted molar refractivity (Wildman–Crippen MR) is 84.9 cm³/mol. The molecule has 0 bridgehead atoms. The molecule has 2 rings (SSSR count). The lowest BCUT2D eigenvalue weighted by Crippen LogP contribution is -2.45. The molecule has 1 amide bonds. The van der Waals surface area contributed by atoms with Crippen LogP contribution in [0.5, 0.6) is 0 Å². The fourth-order valence-electron chi connectivity index (χ4n) is 2.31. The van der Waals surface area contributed by atoms with Gasteiger partial charge in [-0.1, -0.05) is 17.7 Å². The monoisotopic (exact) mass is 311 g/mol. The molecule has 1 unspecified atom stereocenters. The highest BCUT2D eigenvalue weighted by atomic mass is 35.5. The Morgan fingerprint density at radius 2 is 2.38 bits per heavy atom. The Labute approximate surface area is 130 Å². The number of aryl methyl sites for hydroxylation is 1. The first-order valence-corrected chi connectivity index (χ1v) is 7.49. The summed E-state index contributed by atoms with van der Waals surface area (Å²) in [6, 6.07) is 5.58. The van der Waals surface area contributed by atoms with Gasteiger partial charge in [0.2, 0.25) is 5.91 Å². The normalized spacial score (nSPS) is 18.8. The van der Waals surface area contributed by atoms with Crippen molar-refractivity contribution < 1.29 is 9.53 Å². The number of anilines is 1. The van der Waals surface area contributed by atoms with Gasteiger partial charge in [0, 0.05) is 19.6 Å². The molecule has 1 saturated heterocycles. The van der Waals surface area contributed by atoms with Crippen molar-refractivity contribution in [2.45, 2.75) is 13.0 Å². The van der Waals surface area contributed by atoms with Gasteiger partial charge in [0.05, 0.1) is 30.0 Å². The average molecular weight is 312 g/mol. The van der Waals surface area contributed by atoms with E-state index in [1.54, 1.807) is 0 Å². The number of amides is 1. The third kappa shape index (κ3) is 5.28. The van der Waals surface area contributed by atoms with Crippen molar-refractivity contribution in [3.8, 4) is 0 Å². The molecule has 5 nitrogen and oxygen atoms in total. The second kappa shape index (κ2) is 7.75. The number of likely N-dealkylation sites (N-methyl/N-ethyl adjacent to an activating group) is 1. The van der Waals surface area contributed by atoms with Gasteiger partial charge in [0.15, 0.2) is 0 Å². The molecular weight excluding hydrogens is 290 g/mol. The van der Waals surface area contributed by atoms with Crippen LogP contribution in [0.1, 0.15) is 5.56 Å². The molecule has 2 N–H and O–H groups in total. The fraction of sp³-hybridized carbons (Fsp3) is 0.533. The average Bonchev–Trinajstić information content (AvgIpc) is 2.43. The van der Waals surface area contributed by atoms with Crippen molar-refractivity contribution in [2.75, 3.05) is 45.2 Å². The minimum absolute atomic E-state index is 0.0768. The highest BCUT2D eigenvalue weighted by Crippen LogP contribution is 2.22. The molecule has 1 fully saturated rings. The summed E-state index contributed by atoms with van der Waals surface area (Å²) in [5.41, 5.74) is 1.72. The van der Waals surface area contributed by atoms with Crippen molar-refractivity contribution >= 4 is 23.2 Å². The van der Waals surface area contributed by atoms with Gasteiger partial charge in [-0.3, -0.25) is 9.69 Å². The number of hydrogen-bond acceptors (Lipinski definition) is 4. The van der Waals surface area contributed by atoms with Gasteiger partial charge in [-0.2, -0.15) is 0 Å². The van der Waals surface area contributed by atoms with Crippen LogP contribution in [0.4, 0.5) is 5.69 Å². The van der Waals surface area contributed by atoms with Crippen molar-refractivity contribution in [1.29, 1.82) is 0 Å². The van der Waals surface area contributed by atoms with Crippen LogP contribution >= 0.6 is 11.6 Å². The van der Waals surface area contributed by atoms with Crippen LogP contribution < -0.4 is 10.6 Å². The van der Waals surface area contributed by atoms with Crippen LogP contribution in [0.2, 0.25) is 5.02 Å². The first-order valence-electron chi connectivity index (χ1n) is 7.11. The molecule has 1 aromatic carbocycles. The number of carbonyl (C=O) groups excluding carboxylic acids is 1. The van der Waals surface area contributed by atoms with E-state index in [1.807, 2.05) is 37.1 Å². The topological polar surface area (TPSA) is 53.6 Å². The zero-order chi connectivity index (χ0) is 15.2. The molecule has 0 radical (unpaired) electrons. The molecule has 1 aliphatic rings. The van der Waals surface area contributed by atoms with Crippen molar-refractivity contribution in [1.82, 2.24) is 10.2 Å². The Kier molecular flexibility index (Phi) is 5.99. The summed E-state index contributed by atoms with van der Waals surface area (Å²) < 4.78 is 5.62. The van der Waals surface area contributed by atoms with Crippen molar-refractivity contribution in [2.24, 2.45) is 0 Å². The second-order valence-electron chi connectivity index (χ2n) is 5.43. The van der Waals surface area contributed by atoms with Gasteiger partial charge < -0.3 is 15.4 Å². The number of morpholine rings is 1. The maximum absolute atomic E-state index is 12.0. The molecule has 6 heteroatoms. The van der Waals surface area contributed by atoms with Crippen LogP contribution in [-0.4, -0.2) is 56.7 Å². The summed E-state index contributed by atoms with van der Waals surface area (Å²) in [6.07, 6.45) is 0.138. The van der Waals surface area contributed by atoms with E-state index in [4.69, 9.17) is 16.3 Å². The summed E-state index contributed by atoms with van der Waals surface area (Å²) in [4.78, 5) is 14.0. The smallest absolute Gasteiger partial charge is 0.238 e.